The largest absolute Gasteiger partial charge is 0.334 e. The lowest BCUT2D eigenvalue weighted by Crippen LogP contribution is -2.51. The Morgan fingerprint density at radius 2 is 2.00 bits per heavy atom. The van der Waals surface area contributed by atoms with Gasteiger partial charge in [-0.15, -0.1) is 11.3 Å². The molecule has 1 aromatic heterocycles. The van der Waals surface area contributed by atoms with Crippen molar-refractivity contribution in [2.45, 2.75) is 13.0 Å². The minimum Gasteiger partial charge on any atom is -0.334 e. The average molecular weight is 315 g/mol. The van der Waals surface area contributed by atoms with E-state index in [2.05, 4.69) is 4.98 Å². The number of benzene rings is 1. The molecule has 1 fully saturated rings. The number of nitrogens with zero attached hydrogens (tertiary/aromatic N) is 3. The highest BCUT2D eigenvalue weighted by Gasteiger charge is 2.32. The molecule has 1 aromatic carbocycles. The predicted molar refractivity (Wildman–Crippen MR) is 84.6 cm³/mol. The monoisotopic (exact) mass is 315 g/mol. The third kappa shape index (κ3) is 2.87. The zero-order valence-electron chi connectivity index (χ0n) is 12.3. The summed E-state index contributed by atoms with van der Waals surface area (Å²) in [7, 11) is 0. The number of rotatable bonds is 2. The summed E-state index contributed by atoms with van der Waals surface area (Å²) in [4.78, 5) is 32.7. The van der Waals surface area contributed by atoms with Gasteiger partial charge in [-0.2, -0.15) is 0 Å². The smallest absolute Gasteiger partial charge is 0.265 e. The van der Waals surface area contributed by atoms with Gasteiger partial charge >= 0.3 is 0 Å². The molecule has 1 saturated heterocycles. The van der Waals surface area contributed by atoms with Crippen molar-refractivity contribution >= 4 is 23.2 Å². The number of carbonyl (C=O) groups excluding carboxylic acids is 2. The zero-order valence-corrected chi connectivity index (χ0v) is 13.1. The molecule has 0 unspecified atom stereocenters. The van der Waals surface area contributed by atoms with Crippen molar-refractivity contribution in [2.24, 2.45) is 0 Å². The Labute approximate surface area is 133 Å². The topological polar surface area (TPSA) is 53.5 Å². The molecule has 0 N–H and O–H groups in total. The van der Waals surface area contributed by atoms with E-state index >= 15 is 0 Å². The molecule has 2 aromatic rings. The molecule has 1 atom stereocenters. The Balaban J connectivity index is 1.84. The van der Waals surface area contributed by atoms with Crippen LogP contribution in [0.15, 0.2) is 42.0 Å². The third-order valence-electron chi connectivity index (χ3n) is 3.90. The van der Waals surface area contributed by atoms with E-state index < -0.39 is 0 Å². The lowest BCUT2D eigenvalue weighted by Gasteiger charge is -2.41. The van der Waals surface area contributed by atoms with Crippen molar-refractivity contribution in [3.63, 3.8) is 0 Å². The van der Waals surface area contributed by atoms with E-state index in [0.717, 1.165) is 5.56 Å². The Kier molecular flexibility index (Phi) is 4.20. The highest BCUT2D eigenvalue weighted by atomic mass is 32.1. The van der Waals surface area contributed by atoms with Crippen molar-refractivity contribution in [3.8, 4) is 0 Å². The first-order valence-corrected chi connectivity index (χ1v) is 8.04. The summed E-state index contributed by atoms with van der Waals surface area (Å²) in [6.45, 7) is 3.20. The van der Waals surface area contributed by atoms with E-state index in [1.54, 1.807) is 18.6 Å². The lowest BCUT2D eigenvalue weighted by atomic mass is 10.0. The molecule has 0 aliphatic carbocycles. The maximum atomic E-state index is 12.5. The molecule has 0 spiro atoms. The molecule has 6 heteroatoms. The van der Waals surface area contributed by atoms with Crippen molar-refractivity contribution in [1.29, 1.82) is 0 Å². The van der Waals surface area contributed by atoms with Gasteiger partial charge in [-0.25, -0.2) is 0 Å². The molecule has 1 aliphatic rings. The number of carbonyl (C=O) groups is 2. The molecule has 0 saturated carbocycles. The first kappa shape index (κ1) is 14.7. The molecule has 0 radical (unpaired) electrons. The van der Waals surface area contributed by atoms with Crippen molar-refractivity contribution < 1.29 is 9.59 Å². The van der Waals surface area contributed by atoms with Crippen LogP contribution in [0.25, 0.3) is 0 Å². The van der Waals surface area contributed by atoms with Gasteiger partial charge in [0.15, 0.2) is 0 Å². The van der Waals surface area contributed by atoms with Crippen molar-refractivity contribution in [1.82, 2.24) is 14.8 Å². The summed E-state index contributed by atoms with van der Waals surface area (Å²) < 4.78 is 0. The number of hydrogen-bond acceptors (Lipinski definition) is 4. The molecular formula is C16H17N3O2S. The van der Waals surface area contributed by atoms with Crippen LogP contribution in [0, 0.1) is 0 Å². The van der Waals surface area contributed by atoms with Gasteiger partial charge in [-0.3, -0.25) is 14.6 Å². The summed E-state index contributed by atoms with van der Waals surface area (Å²) in [5.41, 5.74) is 2.72. The van der Waals surface area contributed by atoms with Gasteiger partial charge in [0.25, 0.3) is 5.91 Å². The van der Waals surface area contributed by atoms with Crippen LogP contribution in [-0.2, 0) is 4.79 Å². The lowest BCUT2D eigenvalue weighted by molar-refractivity contribution is -0.133. The van der Waals surface area contributed by atoms with E-state index in [-0.39, 0.29) is 17.9 Å². The number of hydrogen-bond donors (Lipinski definition) is 0. The summed E-state index contributed by atoms with van der Waals surface area (Å²) in [6.07, 6.45) is 1.60. The van der Waals surface area contributed by atoms with Crippen LogP contribution >= 0.6 is 11.3 Å². The Hall–Kier alpha value is -2.21. The Morgan fingerprint density at radius 1 is 1.23 bits per heavy atom. The summed E-state index contributed by atoms with van der Waals surface area (Å²) in [6, 6.07) is 9.77. The van der Waals surface area contributed by atoms with E-state index in [9.17, 15) is 9.59 Å². The number of thiazole rings is 1. The van der Waals surface area contributed by atoms with Gasteiger partial charge < -0.3 is 9.80 Å². The third-order valence-corrected chi connectivity index (χ3v) is 4.66. The average Bonchev–Trinajstić information content (AvgIpc) is 3.09. The summed E-state index contributed by atoms with van der Waals surface area (Å²) >= 11 is 1.35. The van der Waals surface area contributed by atoms with Crippen LogP contribution in [0.4, 0.5) is 0 Å². The molecule has 1 aliphatic heterocycles. The molecule has 2 amide bonds. The standard InChI is InChI=1S/C16H17N3O2S/c1-12(20)19-8-7-18(16(21)15-9-17-11-22-15)10-14(19)13-5-3-2-4-6-13/h2-6,9,11,14H,7-8,10H2,1H3/t14-/m1/s1. The van der Waals surface area contributed by atoms with Gasteiger partial charge in [0.05, 0.1) is 17.7 Å². The second-order valence-electron chi connectivity index (χ2n) is 5.26. The molecule has 0 bridgehead atoms. The minimum absolute atomic E-state index is 0.00775. The zero-order chi connectivity index (χ0) is 15.5. The fourth-order valence-corrected chi connectivity index (χ4v) is 3.37. The van der Waals surface area contributed by atoms with Crippen molar-refractivity contribution in [2.75, 3.05) is 19.6 Å². The molecule has 22 heavy (non-hydrogen) atoms. The second-order valence-corrected chi connectivity index (χ2v) is 6.14. The van der Waals surface area contributed by atoms with Crippen LogP contribution in [-0.4, -0.2) is 46.2 Å². The molecular weight excluding hydrogens is 298 g/mol. The van der Waals surface area contributed by atoms with Crippen LogP contribution in [0.3, 0.4) is 0 Å². The van der Waals surface area contributed by atoms with Crippen LogP contribution in [0.1, 0.15) is 28.2 Å². The second kappa shape index (κ2) is 6.27. The van der Waals surface area contributed by atoms with Gasteiger partial charge in [0.2, 0.25) is 5.91 Å². The Morgan fingerprint density at radius 3 is 2.64 bits per heavy atom. The fraction of sp³-hybridized carbons (Fsp3) is 0.312. The molecule has 3 rings (SSSR count). The van der Waals surface area contributed by atoms with E-state index in [0.29, 0.717) is 24.5 Å². The highest BCUT2D eigenvalue weighted by Crippen LogP contribution is 2.26. The van der Waals surface area contributed by atoms with E-state index in [1.165, 1.54) is 11.3 Å². The number of amides is 2. The normalized spacial score (nSPS) is 18.3. The minimum atomic E-state index is -0.0932. The molecule has 2 heterocycles. The summed E-state index contributed by atoms with van der Waals surface area (Å²) in [5, 5.41) is 0. The van der Waals surface area contributed by atoms with E-state index in [1.807, 2.05) is 40.1 Å². The van der Waals surface area contributed by atoms with Crippen LogP contribution in [0.5, 0.6) is 0 Å². The van der Waals surface area contributed by atoms with Crippen LogP contribution < -0.4 is 0 Å². The molecule has 5 nitrogen and oxygen atoms in total. The van der Waals surface area contributed by atoms with Gasteiger partial charge in [0, 0.05) is 26.6 Å². The van der Waals surface area contributed by atoms with E-state index in [4.69, 9.17) is 0 Å². The van der Waals surface area contributed by atoms with Gasteiger partial charge in [0.1, 0.15) is 4.88 Å². The van der Waals surface area contributed by atoms with Gasteiger partial charge in [-0.05, 0) is 5.56 Å². The number of piperazine rings is 1. The van der Waals surface area contributed by atoms with Crippen molar-refractivity contribution in [3.05, 3.63) is 52.5 Å². The quantitative estimate of drug-likeness (QED) is 0.853. The van der Waals surface area contributed by atoms with Crippen LogP contribution in [0.2, 0.25) is 0 Å². The predicted octanol–water partition coefficient (Wildman–Crippen LogP) is 2.19. The first-order valence-electron chi connectivity index (χ1n) is 7.16. The van der Waals surface area contributed by atoms with Gasteiger partial charge in [-0.1, -0.05) is 30.3 Å². The maximum Gasteiger partial charge on any atom is 0.265 e. The molecule has 114 valence electrons. The summed E-state index contributed by atoms with van der Waals surface area (Å²) in [5.74, 6) is 0.0328. The fourth-order valence-electron chi connectivity index (χ4n) is 2.78. The number of aromatic nitrogens is 1. The maximum absolute atomic E-state index is 12.5. The first-order chi connectivity index (χ1) is 10.7. The Bertz CT molecular complexity index is 657. The highest BCUT2D eigenvalue weighted by molar-refractivity contribution is 7.11. The SMILES string of the molecule is CC(=O)N1CCN(C(=O)c2cncs2)C[C@@H]1c1ccccc1.